The van der Waals surface area contributed by atoms with Crippen LogP contribution in [0.25, 0.3) is 0 Å². The predicted molar refractivity (Wildman–Crippen MR) is 80.4 cm³/mol. The molecule has 0 aromatic rings. The second-order valence-corrected chi connectivity index (χ2v) is 6.22. The lowest BCUT2D eigenvalue weighted by Gasteiger charge is -2.33. The first-order chi connectivity index (χ1) is 9.78. The van der Waals surface area contributed by atoms with Crippen molar-refractivity contribution in [2.24, 2.45) is 28.3 Å². The molecule has 0 aromatic carbocycles. The Labute approximate surface area is 121 Å². The lowest BCUT2D eigenvalue weighted by atomic mass is 9.81. The molecule has 5 nitrogen and oxygen atoms in total. The summed E-state index contributed by atoms with van der Waals surface area (Å²) in [6.07, 6.45) is 6.74. The Balaban J connectivity index is 1.66. The highest BCUT2D eigenvalue weighted by molar-refractivity contribution is 5.79. The van der Waals surface area contributed by atoms with Gasteiger partial charge in [-0.05, 0) is 38.1 Å². The number of nitrogens with two attached hydrogens (primary N) is 2. The molecule has 3 aliphatic rings. The second-order valence-electron chi connectivity index (χ2n) is 6.22. The molecule has 1 saturated heterocycles. The quantitative estimate of drug-likeness (QED) is 0.726. The summed E-state index contributed by atoms with van der Waals surface area (Å²) in [6, 6.07) is 0.451. The minimum absolute atomic E-state index is 0.451. The lowest BCUT2D eigenvalue weighted by Crippen LogP contribution is -2.38. The summed E-state index contributed by atoms with van der Waals surface area (Å²) in [5, 5.41) is 0. The van der Waals surface area contributed by atoms with Crippen molar-refractivity contribution in [1.82, 2.24) is 4.90 Å². The fraction of sp³-hybridized carbons (Fsp3) is 0.800. The van der Waals surface area contributed by atoms with E-state index in [4.69, 9.17) is 21.2 Å². The molecule has 0 aromatic heterocycles. The number of morpholine rings is 1. The Morgan fingerprint density at radius 1 is 1.25 bits per heavy atom. The summed E-state index contributed by atoms with van der Waals surface area (Å²) in [6.45, 7) is 4.21. The fourth-order valence-corrected chi connectivity index (χ4v) is 2.94. The number of hydrogen-bond donors (Lipinski definition) is 2. The molecule has 0 bridgehead atoms. The highest BCUT2D eigenvalue weighted by atomic mass is 16.5. The number of hydrogen-bond acceptors (Lipinski definition) is 5. The maximum atomic E-state index is 6.34. The molecular weight excluding hydrogens is 252 g/mol. The molecule has 0 spiro atoms. The van der Waals surface area contributed by atoms with Crippen molar-refractivity contribution in [3.8, 4) is 0 Å². The summed E-state index contributed by atoms with van der Waals surface area (Å²) >= 11 is 0. The monoisotopic (exact) mass is 278 g/mol. The molecule has 0 atom stereocenters. The van der Waals surface area contributed by atoms with Gasteiger partial charge in [-0.25, -0.2) is 0 Å². The molecule has 0 amide bonds. The zero-order chi connectivity index (χ0) is 13.9. The predicted octanol–water partition coefficient (Wildman–Crippen LogP) is 0.707. The van der Waals surface area contributed by atoms with E-state index in [9.17, 15) is 0 Å². The van der Waals surface area contributed by atoms with Crippen molar-refractivity contribution in [1.29, 1.82) is 0 Å². The largest absolute Gasteiger partial charge is 0.400 e. The molecule has 3 rings (SSSR count). The Morgan fingerprint density at radius 3 is 2.55 bits per heavy atom. The van der Waals surface area contributed by atoms with Crippen molar-refractivity contribution in [3.63, 3.8) is 0 Å². The van der Waals surface area contributed by atoms with E-state index in [2.05, 4.69) is 4.90 Å². The van der Waals surface area contributed by atoms with Crippen LogP contribution in [0.1, 0.15) is 25.7 Å². The molecule has 3 fully saturated rings. The molecule has 2 aliphatic carbocycles. The van der Waals surface area contributed by atoms with Gasteiger partial charge in [0, 0.05) is 30.9 Å². The first-order valence-corrected chi connectivity index (χ1v) is 7.83. The fourth-order valence-electron chi connectivity index (χ4n) is 2.94. The maximum absolute atomic E-state index is 6.34. The van der Waals surface area contributed by atoms with Gasteiger partial charge in [0.15, 0.2) is 0 Å². The van der Waals surface area contributed by atoms with Crippen LogP contribution in [0.15, 0.2) is 16.4 Å². The van der Waals surface area contributed by atoms with Crippen LogP contribution < -0.4 is 11.5 Å². The SMILES string of the molecule is NCC1CC(N=CC(=C(N)C2CC2)N2CCOCC2)C1. The van der Waals surface area contributed by atoms with Crippen molar-refractivity contribution in [3.05, 3.63) is 11.4 Å². The molecule has 5 heteroatoms. The van der Waals surface area contributed by atoms with Crippen LogP contribution in [0, 0.1) is 11.8 Å². The van der Waals surface area contributed by atoms with Gasteiger partial charge in [0.05, 0.1) is 25.0 Å². The summed E-state index contributed by atoms with van der Waals surface area (Å²) in [7, 11) is 0. The third kappa shape index (κ3) is 3.15. The van der Waals surface area contributed by atoms with Gasteiger partial charge in [0.1, 0.15) is 0 Å². The Hall–Kier alpha value is -1.07. The molecule has 2 saturated carbocycles. The van der Waals surface area contributed by atoms with E-state index >= 15 is 0 Å². The smallest absolute Gasteiger partial charge is 0.0742 e. The normalized spacial score (nSPS) is 32.1. The van der Waals surface area contributed by atoms with Crippen molar-refractivity contribution in [2.45, 2.75) is 31.7 Å². The number of allylic oxidation sites excluding steroid dienone is 2. The first-order valence-electron chi connectivity index (χ1n) is 7.83. The summed E-state index contributed by atoms with van der Waals surface area (Å²) in [4.78, 5) is 7.07. The second kappa shape index (κ2) is 6.14. The standard InChI is InChI=1S/C15H26N4O/c16-9-11-7-13(8-11)18-10-14(15(17)12-1-2-12)19-3-5-20-6-4-19/h10-13H,1-9,16-17H2. The van der Waals surface area contributed by atoms with Gasteiger partial charge >= 0.3 is 0 Å². The summed E-state index contributed by atoms with van der Waals surface area (Å²) in [5.41, 5.74) is 14.2. The van der Waals surface area contributed by atoms with E-state index in [1.54, 1.807) is 0 Å². The third-order valence-electron chi connectivity index (χ3n) is 4.62. The summed E-state index contributed by atoms with van der Waals surface area (Å²) in [5.74, 6) is 1.26. The lowest BCUT2D eigenvalue weighted by molar-refractivity contribution is 0.0560. The van der Waals surface area contributed by atoms with E-state index in [-0.39, 0.29) is 0 Å². The van der Waals surface area contributed by atoms with Gasteiger partial charge in [-0.2, -0.15) is 0 Å². The molecule has 0 radical (unpaired) electrons. The number of rotatable bonds is 5. The van der Waals surface area contributed by atoms with Crippen LogP contribution in [0.5, 0.6) is 0 Å². The van der Waals surface area contributed by atoms with E-state index in [1.807, 2.05) is 6.21 Å². The van der Waals surface area contributed by atoms with Crippen LogP contribution in [0.4, 0.5) is 0 Å². The van der Waals surface area contributed by atoms with Crippen LogP contribution in [0.2, 0.25) is 0 Å². The van der Waals surface area contributed by atoms with Crippen molar-refractivity contribution < 1.29 is 4.74 Å². The van der Waals surface area contributed by atoms with Gasteiger partial charge < -0.3 is 21.1 Å². The Bertz CT molecular complexity index is 391. The van der Waals surface area contributed by atoms with Crippen molar-refractivity contribution in [2.75, 3.05) is 32.8 Å². The van der Waals surface area contributed by atoms with Gasteiger partial charge in [0.2, 0.25) is 0 Å². The van der Waals surface area contributed by atoms with Gasteiger partial charge in [-0.3, -0.25) is 4.99 Å². The average Bonchev–Trinajstić information content (AvgIpc) is 3.26. The van der Waals surface area contributed by atoms with E-state index in [1.165, 1.54) is 12.8 Å². The molecule has 0 unspecified atom stereocenters. The number of ether oxygens (including phenoxy) is 1. The Kier molecular flexibility index (Phi) is 4.27. The summed E-state index contributed by atoms with van der Waals surface area (Å²) < 4.78 is 5.43. The maximum Gasteiger partial charge on any atom is 0.0742 e. The highest BCUT2D eigenvalue weighted by Gasteiger charge is 2.30. The van der Waals surface area contributed by atoms with Gasteiger partial charge in [-0.15, -0.1) is 0 Å². The molecule has 1 heterocycles. The molecule has 20 heavy (non-hydrogen) atoms. The van der Waals surface area contributed by atoms with E-state index < -0.39 is 0 Å². The minimum atomic E-state index is 0.451. The molecule has 112 valence electrons. The molecule has 1 aliphatic heterocycles. The van der Waals surface area contributed by atoms with Crippen LogP contribution in [-0.2, 0) is 4.74 Å². The average molecular weight is 278 g/mol. The van der Waals surface area contributed by atoms with Crippen molar-refractivity contribution >= 4 is 6.21 Å². The minimum Gasteiger partial charge on any atom is -0.400 e. The topological polar surface area (TPSA) is 76.9 Å². The highest BCUT2D eigenvalue weighted by Crippen LogP contribution is 2.36. The molecular formula is C15H26N4O. The van der Waals surface area contributed by atoms with Crippen LogP contribution in [-0.4, -0.2) is 50.0 Å². The van der Waals surface area contributed by atoms with Crippen LogP contribution >= 0.6 is 0 Å². The van der Waals surface area contributed by atoms with E-state index in [0.29, 0.717) is 17.9 Å². The van der Waals surface area contributed by atoms with E-state index in [0.717, 1.165) is 57.1 Å². The van der Waals surface area contributed by atoms with Crippen LogP contribution in [0.3, 0.4) is 0 Å². The van der Waals surface area contributed by atoms with Gasteiger partial charge in [-0.1, -0.05) is 0 Å². The third-order valence-corrected chi connectivity index (χ3v) is 4.62. The van der Waals surface area contributed by atoms with Gasteiger partial charge in [0.25, 0.3) is 0 Å². The zero-order valence-corrected chi connectivity index (χ0v) is 12.1. The first kappa shape index (κ1) is 13.9. The zero-order valence-electron chi connectivity index (χ0n) is 12.1. The molecule has 4 N–H and O–H groups in total. The number of nitrogens with zero attached hydrogens (tertiary/aromatic N) is 2. The number of aliphatic imine (C=N–C) groups is 1. The Morgan fingerprint density at radius 2 is 1.95 bits per heavy atom.